The molecule has 0 unspecified atom stereocenters. The Bertz CT molecular complexity index is 510. The molecule has 0 aliphatic carbocycles. The molecule has 1 aromatic carbocycles. The van der Waals surface area contributed by atoms with Crippen LogP contribution in [0.1, 0.15) is 35.2 Å². The number of hydrogen-bond acceptors (Lipinski definition) is 4. The van der Waals surface area contributed by atoms with Gasteiger partial charge in [-0.15, -0.1) is 0 Å². The average Bonchev–Trinajstić information content (AvgIpc) is 2.91. The molecule has 20 heavy (non-hydrogen) atoms. The van der Waals surface area contributed by atoms with Gasteiger partial charge in [-0.25, -0.2) is 0 Å². The van der Waals surface area contributed by atoms with Crippen molar-refractivity contribution in [3.63, 3.8) is 0 Å². The Morgan fingerprint density at radius 2 is 2.30 bits per heavy atom. The van der Waals surface area contributed by atoms with E-state index in [0.717, 1.165) is 19.4 Å². The summed E-state index contributed by atoms with van der Waals surface area (Å²) in [6.45, 7) is 3.37. The lowest BCUT2D eigenvalue weighted by Gasteiger charge is -2.11. The Balaban J connectivity index is 1.92. The summed E-state index contributed by atoms with van der Waals surface area (Å²) in [6, 6.07) is 4.91. The topological polar surface area (TPSA) is 84.3 Å². The summed E-state index contributed by atoms with van der Waals surface area (Å²) >= 11 is 0. The summed E-state index contributed by atoms with van der Waals surface area (Å²) in [7, 11) is 0. The van der Waals surface area contributed by atoms with Gasteiger partial charge in [0.25, 0.3) is 11.6 Å². The van der Waals surface area contributed by atoms with Crippen LogP contribution in [0.4, 0.5) is 5.69 Å². The maximum absolute atomic E-state index is 12.0. The highest BCUT2D eigenvalue weighted by Crippen LogP contribution is 2.16. The second kappa shape index (κ2) is 6.47. The molecule has 1 heterocycles. The van der Waals surface area contributed by atoms with Crippen molar-refractivity contribution in [2.24, 2.45) is 0 Å². The number of nitrogens with one attached hydrogen (secondary N) is 2. The number of benzene rings is 1. The first-order valence-electron chi connectivity index (χ1n) is 6.84. The quantitative estimate of drug-likeness (QED) is 0.634. The lowest BCUT2D eigenvalue weighted by molar-refractivity contribution is -0.384. The van der Waals surface area contributed by atoms with E-state index < -0.39 is 4.92 Å². The molecule has 1 fully saturated rings. The summed E-state index contributed by atoms with van der Waals surface area (Å²) in [4.78, 5) is 22.3. The molecule has 6 nitrogen and oxygen atoms in total. The van der Waals surface area contributed by atoms with E-state index in [1.165, 1.54) is 18.6 Å². The smallest absolute Gasteiger partial charge is 0.270 e. The minimum Gasteiger partial charge on any atom is -0.352 e. The van der Waals surface area contributed by atoms with Gasteiger partial charge < -0.3 is 10.6 Å². The number of carbonyl (C=O) groups excluding carboxylic acids is 1. The first kappa shape index (κ1) is 14.5. The van der Waals surface area contributed by atoms with Crippen molar-refractivity contribution in [3.05, 3.63) is 39.4 Å². The molecule has 0 aromatic heterocycles. The highest BCUT2D eigenvalue weighted by Gasteiger charge is 2.15. The summed E-state index contributed by atoms with van der Waals surface area (Å²) in [6.07, 6.45) is 3.22. The Kier molecular flexibility index (Phi) is 4.68. The van der Waals surface area contributed by atoms with Crippen LogP contribution in [0.15, 0.2) is 18.2 Å². The predicted molar refractivity (Wildman–Crippen MR) is 75.8 cm³/mol. The van der Waals surface area contributed by atoms with Gasteiger partial charge in [0.05, 0.1) is 4.92 Å². The predicted octanol–water partition coefficient (Wildman–Crippen LogP) is 1.78. The monoisotopic (exact) mass is 277 g/mol. The standard InChI is InChI=1S/C14H19N3O3/c1-10-7-11(9-13(8-10)17(19)20)14(18)16-6-4-12-3-2-5-15-12/h7-9,12,15H,2-6H2,1H3,(H,16,18)/t12-/m1/s1. The number of nitro groups is 1. The SMILES string of the molecule is Cc1cc(C(=O)NCC[C@H]2CCCN2)cc([N+](=O)[O-])c1. The van der Waals surface area contributed by atoms with Crippen molar-refractivity contribution >= 4 is 11.6 Å². The summed E-state index contributed by atoms with van der Waals surface area (Å²) < 4.78 is 0. The van der Waals surface area contributed by atoms with E-state index in [2.05, 4.69) is 10.6 Å². The zero-order valence-corrected chi connectivity index (χ0v) is 11.5. The molecule has 1 atom stereocenters. The van der Waals surface area contributed by atoms with E-state index >= 15 is 0 Å². The normalized spacial score (nSPS) is 17.9. The van der Waals surface area contributed by atoms with Crippen LogP contribution in [0, 0.1) is 17.0 Å². The highest BCUT2D eigenvalue weighted by molar-refractivity contribution is 5.95. The van der Waals surface area contributed by atoms with Crippen molar-refractivity contribution in [1.82, 2.24) is 10.6 Å². The van der Waals surface area contributed by atoms with E-state index in [9.17, 15) is 14.9 Å². The van der Waals surface area contributed by atoms with E-state index in [1.807, 2.05) is 0 Å². The number of rotatable bonds is 5. The van der Waals surface area contributed by atoms with E-state index in [4.69, 9.17) is 0 Å². The summed E-state index contributed by atoms with van der Waals surface area (Å²) in [5.41, 5.74) is 1.01. The average molecular weight is 277 g/mol. The second-order valence-corrected chi connectivity index (χ2v) is 5.15. The molecule has 2 N–H and O–H groups in total. The zero-order valence-electron chi connectivity index (χ0n) is 11.5. The molecule has 0 radical (unpaired) electrons. The number of aryl methyl sites for hydroxylation is 1. The van der Waals surface area contributed by atoms with Gasteiger partial charge in [-0.2, -0.15) is 0 Å². The number of non-ortho nitro benzene ring substituents is 1. The zero-order chi connectivity index (χ0) is 14.5. The van der Waals surface area contributed by atoms with Crippen molar-refractivity contribution < 1.29 is 9.72 Å². The van der Waals surface area contributed by atoms with Crippen LogP contribution in [0.5, 0.6) is 0 Å². The molecular weight excluding hydrogens is 258 g/mol. The molecule has 2 rings (SSSR count). The summed E-state index contributed by atoms with van der Waals surface area (Å²) in [5.74, 6) is -0.255. The number of nitrogens with zero attached hydrogens (tertiary/aromatic N) is 1. The van der Waals surface area contributed by atoms with Gasteiger partial charge in [-0.05, 0) is 44.4 Å². The van der Waals surface area contributed by atoms with Crippen LogP contribution >= 0.6 is 0 Å². The first-order chi connectivity index (χ1) is 9.56. The van der Waals surface area contributed by atoms with Gasteiger partial charge in [0, 0.05) is 30.3 Å². The van der Waals surface area contributed by atoms with Gasteiger partial charge in [0.1, 0.15) is 0 Å². The molecule has 6 heteroatoms. The van der Waals surface area contributed by atoms with E-state index in [1.54, 1.807) is 13.0 Å². The fraction of sp³-hybridized carbons (Fsp3) is 0.500. The number of hydrogen-bond donors (Lipinski definition) is 2. The van der Waals surface area contributed by atoms with Crippen LogP contribution in [-0.2, 0) is 0 Å². The van der Waals surface area contributed by atoms with Crippen LogP contribution in [0.25, 0.3) is 0 Å². The lowest BCUT2D eigenvalue weighted by Crippen LogP contribution is -2.30. The lowest BCUT2D eigenvalue weighted by atomic mass is 10.1. The van der Waals surface area contributed by atoms with Gasteiger partial charge in [-0.1, -0.05) is 0 Å². The van der Waals surface area contributed by atoms with Gasteiger partial charge in [0.2, 0.25) is 0 Å². The molecule has 1 aliphatic heterocycles. The number of amides is 1. The molecule has 0 spiro atoms. The van der Waals surface area contributed by atoms with Crippen molar-refractivity contribution in [3.8, 4) is 0 Å². The fourth-order valence-corrected chi connectivity index (χ4v) is 2.46. The largest absolute Gasteiger partial charge is 0.352 e. The van der Waals surface area contributed by atoms with Crippen molar-refractivity contribution in [1.29, 1.82) is 0 Å². The van der Waals surface area contributed by atoms with Crippen molar-refractivity contribution in [2.45, 2.75) is 32.2 Å². The third-order valence-electron chi connectivity index (χ3n) is 3.48. The molecule has 108 valence electrons. The Labute approximate surface area is 117 Å². The fourth-order valence-electron chi connectivity index (χ4n) is 2.46. The maximum atomic E-state index is 12.0. The van der Waals surface area contributed by atoms with Gasteiger partial charge in [-0.3, -0.25) is 14.9 Å². The Hall–Kier alpha value is -1.95. The van der Waals surface area contributed by atoms with Crippen LogP contribution in [0.2, 0.25) is 0 Å². The Morgan fingerprint density at radius 1 is 1.50 bits per heavy atom. The van der Waals surface area contributed by atoms with E-state index in [0.29, 0.717) is 23.7 Å². The second-order valence-electron chi connectivity index (χ2n) is 5.15. The molecule has 1 amide bonds. The van der Waals surface area contributed by atoms with Gasteiger partial charge >= 0.3 is 0 Å². The van der Waals surface area contributed by atoms with E-state index in [-0.39, 0.29) is 11.6 Å². The third-order valence-corrected chi connectivity index (χ3v) is 3.48. The molecular formula is C14H19N3O3. The van der Waals surface area contributed by atoms with Gasteiger partial charge in [0.15, 0.2) is 0 Å². The molecule has 1 aliphatic rings. The third kappa shape index (κ3) is 3.77. The number of nitro benzene ring substituents is 1. The van der Waals surface area contributed by atoms with Crippen LogP contribution < -0.4 is 10.6 Å². The summed E-state index contributed by atoms with van der Waals surface area (Å²) in [5, 5.41) is 17.0. The highest BCUT2D eigenvalue weighted by atomic mass is 16.6. The first-order valence-corrected chi connectivity index (χ1v) is 6.84. The van der Waals surface area contributed by atoms with Crippen molar-refractivity contribution in [2.75, 3.05) is 13.1 Å². The molecule has 1 saturated heterocycles. The Morgan fingerprint density at radius 3 is 2.95 bits per heavy atom. The molecule has 1 aromatic rings. The maximum Gasteiger partial charge on any atom is 0.270 e. The number of carbonyl (C=O) groups is 1. The molecule has 0 saturated carbocycles. The van der Waals surface area contributed by atoms with Crippen LogP contribution in [-0.4, -0.2) is 30.0 Å². The van der Waals surface area contributed by atoms with Crippen LogP contribution in [0.3, 0.4) is 0 Å². The minimum atomic E-state index is -0.480. The minimum absolute atomic E-state index is 0.0485. The molecule has 0 bridgehead atoms.